The minimum absolute atomic E-state index is 0.123. The van der Waals surface area contributed by atoms with Crippen molar-refractivity contribution in [1.82, 2.24) is 4.98 Å². The van der Waals surface area contributed by atoms with Crippen molar-refractivity contribution in [3.63, 3.8) is 0 Å². The van der Waals surface area contributed by atoms with Gasteiger partial charge in [-0.2, -0.15) is 0 Å². The quantitative estimate of drug-likeness (QED) is 0.810. The molecule has 0 fully saturated rings. The Morgan fingerprint density at radius 1 is 1.31 bits per heavy atom. The molecule has 1 heterocycles. The Morgan fingerprint density at radius 2 is 1.94 bits per heavy atom. The van der Waals surface area contributed by atoms with E-state index in [0.717, 1.165) is 0 Å². The zero-order valence-electron chi connectivity index (χ0n) is 9.91. The van der Waals surface area contributed by atoms with Crippen molar-refractivity contribution in [2.75, 3.05) is 0 Å². The molecule has 1 N–H and O–H groups in total. The molecule has 3 nitrogen and oxygen atoms in total. The van der Waals surface area contributed by atoms with E-state index in [1.165, 1.54) is 12.5 Å². The second-order valence-corrected chi connectivity index (χ2v) is 3.72. The molecule has 0 aliphatic heterocycles. The highest BCUT2D eigenvalue weighted by Gasteiger charge is 2.19. The molecule has 0 aliphatic rings. The second kappa shape index (κ2) is 4.61. The van der Waals surface area contributed by atoms with Gasteiger partial charge in [0.05, 0.1) is 5.60 Å². The SMILES string of the molecule is CC.CC(C)(O)c1cc(F)c2ocnc2c1. The van der Waals surface area contributed by atoms with E-state index in [0.29, 0.717) is 11.1 Å². The first-order chi connectivity index (χ1) is 7.48. The normalized spacial score (nSPS) is 11.1. The summed E-state index contributed by atoms with van der Waals surface area (Å²) in [5, 5.41) is 9.69. The molecule has 0 bridgehead atoms. The van der Waals surface area contributed by atoms with Crippen LogP contribution in [0.15, 0.2) is 22.9 Å². The average Bonchev–Trinajstić information content (AvgIpc) is 2.68. The number of benzene rings is 1. The molecule has 16 heavy (non-hydrogen) atoms. The third-order valence-corrected chi connectivity index (χ3v) is 2.09. The van der Waals surface area contributed by atoms with E-state index in [-0.39, 0.29) is 5.58 Å². The summed E-state index contributed by atoms with van der Waals surface area (Å²) < 4.78 is 18.2. The van der Waals surface area contributed by atoms with Crippen LogP contribution in [0.2, 0.25) is 0 Å². The third-order valence-electron chi connectivity index (χ3n) is 2.09. The maximum Gasteiger partial charge on any atom is 0.190 e. The molecule has 1 aromatic carbocycles. The Hall–Kier alpha value is -1.42. The summed E-state index contributed by atoms with van der Waals surface area (Å²) in [6, 6.07) is 2.87. The second-order valence-electron chi connectivity index (χ2n) is 3.72. The lowest BCUT2D eigenvalue weighted by molar-refractivity contribution is 0.0784. The lowest BCUT2D eigenvalue weighted by Crippen LogP contribution is -2.15. The van der Waals surface area contributed by atoms with E-state index < -0.39 is 11.4 Å². The summed E-state index contributed by atoms with van der Waals surface area (Å²) in [5.74, 6) is -0.503. The van der Waals surface area contributed by atoms with Crippen molar-refractivity contribution in [2.45, 2.75) is 33.3 Å². The van der Waals surface area contributed by atoms with Crippen molar-refractivity contribution in [3.05, 3.63) is 29.9 Å². The molecule has 0 saturated heterocycles. The van der Waals surface area contributed by atoms with Crippen LogP contribution in [0.1, 0.15) is 33.3 Å². The van der Waals surface area contributed by atoms with E-state index >= 15 is 0 Å². The lowest BCUT2D eigenvalue weighted by Gasteiger charge is -2.17. The van der Waals surface area contributed by atoms with Crippen molar-refractivity contribution < 1.29 is 13.9 Å². The maximum atomic E-state index is 13.4. The maximum absolute atomic E-state index is 13.4. The van der Waals surface area contributed by atoms with Crippen LogP contribution in [0.3, 0.4) is 0 Å². The molecule has 2 rings (SSSR count). The fourth-order valence-electron chi connectivity index (χ4n) is 1.28. The van der Waals surface area contributed by atoms with Gasteiger partial charge in [0.15, 0.2) is 17.8 Å². The first-order valence-electron chi connectivity index (χ1n) is 5.24. The van der Waals surface area contributed by atoms with Gasteiger partial charge in [-0.25, -0.2) is 9.37 Å². The molecule has 0 unspecified atom stereocenters. The molecule has 0 atom stereocenters. The minimum Gasteiger partial charge on any atom is -0.440 e. The Morgan fingerprint density at radius 3 is 2.50 bits per heavy atom. The van der Waals surface area contributed by atoms with Gasteiger partial charge in [0.1, 0.15) is 5.52 Å². The molecule has 0 amide bonds. The molecule has 88 valence electrons. The van der Waals surface area contributed by atoms with Gasteiger partial charge in [0.25, 0.3) is 0 Å². The van der Waals surface area contributed by atoms with Gasteiger partial charge < -0.3 is 9.52 Å². The Bertz CT molecular complexity index is 471. The summed E-state index contributed by atoms with van der Waals surface area (Å²) in [4.78, 5) is 3.84. The molecular formula is C12H16FNO2. The molecule has 0 radical (unpaired) electrons. The van der Waals surface area contributed by atoms with E-state index in [9.17, 15) is 9.50 Å². The Balaban J connectivity index is 0.000000606. The summed E-state index contributed by atoms with van der Waals surface area (Å²) >= 11 is 0. The number of aromatic nitrogens is 1. The first-order valence-corrected chi connectivity index (χ1v) is 5.24. The number of aliphatic hydroxyl groups is 1. The van der Waals surface area contributed by atoms with Crippen LogP contribution in [-0.4, -0.2) is 10.1 Å². The number of oxazole rings is 1. The fraction of sp³-hybridized carbons (Fsp3) is 0.417. The Labute approximate surface area is 93.9 Å². The number of hydrogen-bond acceptors (Lipinski definition) is 3. The number of rotatable bonds is 1. The van der Waals surface area contributed by atoms with Gasteiger partial charge in [-0.1, -0.05) is 13.8 Å². The predicted octanol–water partition coefficient (Wildman–Crippen LogP) is 3.22. The molecular weight excluding hydrogens is 209 g/mol. The topological polar surface area (TPSA) is 46.3 Å². The molecule has 0 saturated carbocycles. The molecule has 2 aromatic rings. The average molecular weight is 225 g/mol. The van der Waals surface area contributed by atoms with Crippen LogP contribution in [0.5, 0.6) is 0 Å². The number of fused-ring (bicyclic) bond motifs is 1. The highest BCUT2D eigenvalue weighted by Crippen LogP contribution is 2.25. The zero-order valence-corrected chi connectivity index (χ0v) is 9.91. The van der Waals surface area contributed by atoms with Gasteiger partial charge in [-0.15, -0.1) is 0 Å². The van der Waals surface area contributed by atoms with Gasteiger partial charge >= 0.3 is 0 Å². The molecule has 1 aromatic heterocycles. The van der Waals surface area contributed by atoms with E-state index in [1.807, 2.05) is 13.8 Å². The molecule has 0 aliphatic carbocycles. The van der Waals surface area contributed by atoms with Crippen LogP contribution >= 0.6 is 0 Å². The van der Waals surface area contributed by atoms with Gasteiger partial charge in [0.2, 0.25) is 0 Å². The summed E-state index contributed by atoms with van der Waals surface area (Å²) in [7, 11) is 0. The van der Waals surface area contributed by atoms with Crippen LogP contribution in [-0.2, 0) is 5.60 Å². The van der Waals surface area contributed by atoms with Gasteiger partial charge in [-0.3, -0.25) is 0 Å². The van der Waals surface area contributed by atoms with E-state index in [4.69, 9.17) is 4.42 Å². The van der Waals surface area contributed by atoms with Gasteiger partial charge in [-0.05, 0) is 31.5 Å². The van der Waals surface area contributed by atoms with Crippen molar-refractivity contribution in [1.29, 1.82) is 0 Å². The van der Waals surface area contributed by atoms with Crippen LogP contribution in [0, 0.1) is 5.82 Å². The lowest BCUT2D eigenvalue weighted by atomic mass is 9.98. The van der Waals surface area contributed by atoms with Crippen molar-refractivity contribution >= 4 is 11.1 Å². The van der Waals surface area contributed by atoms with Crippen LogP contribution in [0.4, 0.5) is 4.39 Å². The summed E-state index contributed by atoms with van der Waals surface area (Å²) in [5.41, 5.74) is -0.0509. The standard InChI is InChI=1S/C10H10FNO2.C2H6/c1-10(2,13)6-3-7(11)9-8(4-6)12-5-14-9;1-2/h3-5,13H,1-2H3;1-2H3. The number of halogens is 1. The first kappa shape index (κ1) is 12.6. The third kappa shape index (κ3) is 2.39. The molecule has 0 spiro atoms. The Kier molecular flexibility index (Phi) is 3.65. The highest BCUT2D eigenvalue weighted by molar-refractivity contribution is 5.73. The fourth-order valence-corrected chi connectivity index (χ4v) is 1.28. The smallest absolute Gasteiger partial charge is 0.190 e. The largest absolute Gasteiger partial charge is 0.440 e. The van der Waals surface area contributed by atoms with Crippen LogP contribution < -0.4 is 0 Å². The summed E-state index contributed by atoms with van der Waals surface area (Å²) in [6.07, 6.45) is 1.18. The number of nitrogens with zero attached hydrogens (tertiary/aromatic N) is 1. The number of hydrogen-bond donors (Lipinski definition) is 1. The highest BCUT2D eigenvalue weighted by atomic mass is 19.1. The van der Waals surface area contributed by atoms with Crippen molar-refractivity contribution in [2.24, 2.45) is 0 Å². The summed E-state index contributed by atoms with van der Waals surface area (Å²) in [6.45, 7) is 7.18. The van der Waals surface area contributed by atoms with E-state index in [2.05, 4.69) is 4.98 Å². The molecule has 4 heteroatoms. The van der Waals surface area contributed by atoms with Crippen LogP contribution in [0.25, 0.3) is 11.1 Å². The van der Waals surface area contributed by atoms with Crippen molar-refractivity contribution in [3.8, 4) is 0 Å². The minimum atomic E-state index is -1.08. The van der Waals surface area contributed by atoms with E-state index in [1.54, 1.807) is 19.9 Å². The monoisotopic (exact) mass is 225 g/mol. The predicted molar refractivity (Wildman–Crippen MR) is 60.6 cm³/mol. The zero-order chi connectivity index (χ0) is 12.3. The van der Waals surface area contributed by atoms with Gasteiger partial charge in [0, 0.05) is 0 Å².